The second kappa shape index (κ2) is 6.79. The van der Waals surface area contributed by atoms with Gasteiger partial charge in [0.1, 0.15) is 5.75 Å². The zero-order valence-corrected chi connectivity index (χ0v) is 13.2. The number of nitrogens with two attached hydrogens (primary N) is 1. The number of nitrogens with zero attached hydrogens (tertiary/aromatic N) is 1. The summed E-state index contributed by atoms with van der Waals surface area (Å²) in [5, 5.41) is 0.764. The molecule has 2 rings (SSSR count). The highest BCUT2D eigenvalue weighted by Crippen LogP contribution is 2.42. The molecule has 0 bridgehead atoms. The summed E-state index contributed by atoms with van der Waals surface area (Å²) in [6, 6.07) is 5.93. The second-order valence-corrected chi connectivity index (χ2v) is 6.42. The van der Waals surface area contributed by atoms with E-state index in [2.05, 4.69) is 19.0 Å². The van der Waals surface area contributed by atoms with E-state index >= 15 is 0 Å². The maximum atomic E-state index is 6.19. The molecule has 4 heteroatoms. The first-order chi connectivity index (χ1) is 9.57. The van der Waals surface area contributed by atoms with Gasteiger partial charge < -0.3 is 15.4 Å². The fourth-order valence-corrected chi connectivity index (χ4v) is 3.25. The predicted octanol–water partition coefficient (Wildman–Crippen LogP) is 3.05. The van der Waals surface area contributed by atoms with E-state index in [0.29, 0.717) is 6.54 Å². The van der Waals surface area contributed by atoms with E-state index in [1.165, 1.54) is 5.56 Å². The molecule has 2 N–H and O–H groups in total. The molecule has 0 spiro atoms. The molecule has 0 amide bonds. The van der Waals surface area contributed by atoms with Crippen LogP contribution in [0.5, 0.6) is 5.75 Å². The second-order valence-electron chi connectivity index (χ2n) is 5.98. The zero-order chi connectivity index (χ0) is 14.6. The molecular formula is C16H25ClN2O. The fourth-order valence-electron chi connectivity index (χ4n) is 3.08. The van der Waals surface area contributed by atoms with Gasteiger partial charge in [-0.3, -0.25) is 0 Å². The van der Waals surface area contributed by atoms with Crippen LogP contribution < -0.4 is 10.5 Å². The van der Waals surface area contributed by atoms with Crippen LogP contribution in [0.15, 0.2) is 18.2 Å². The Morgan fingerprint density at radius 3 is 2.90 bits per heavy atom. The summed E-state index contributed by atoms with van der Waals surface area (Å²) >= 11 is 6.19. The van der Waals surface area contributed by atoms with E-state index in [0.717, 1.165) is 49.6 Å². The summed E-state index contributed by atoms with van der Waals surface area (Å²) in [5.74, 6) is 0.960. The quantitative estimate of drug-likeness (QED) is 0.907. The number of ether oxygens (including phenoxy) is 1. The molecule has 1 heterocycles. The lowest BCUT2D eigenvalue weighted by Gasteiger charge is -2.33. The van der Waals surface area contributed by atoms with Crippen LogP contribution in [-0.4, -0.2) is 38.7 Å². The topological polar surface area (TPSA) is 38.5 Å². The molecule has 20 heavy (non-hydrogen) atoms. The number of benzene rings is 1. The standard InChI is InChI=1S/C16H25ClN2O/c1-19(2)9-3-7-16(12-18)8-4-10-20-15-6-5-13(17)11-14(15)16/h5-6,11H,3-4,7-10,12,18H2,1-2H3. The summed E-state index contributed by atoms with van der Waals surface area (Å²) < 4.78 is 5.86. The molecule has 3 nitrogen and oxygen atoms in total. The Morgan fingerprint density at radius 2 is 2.20 bits per heavy atom. The lowest BCUT2D eigenvalue weighted by Crippen LogP contribution is -2.35. The first-order valence-electron chi connectivity index (χ1n) is 7.35. The minimum absolute atomic E-state index is 0.00669. The Labute approximate surface area is 127 Å². The highest BCUT2D eigenvalue weighted by molar-refractivity contribution is 6.30. The molecular weight excluding hydrogens is 272 g/mol. The SMILES string of the molecule is CN(C)CCCC1(CN)CCCOc2ccc(Cl)cc21. The lowest BCUT2D eigenvalue weighted by molar-refractivity contribution is 0.301. The maximum Gasteiger partial charge on any atom is 0.123 e. The lowest BCUT2D eigenvalue weighted by atomic mass is 9.73. The average Bonchev–Trinajstić information content (AvgIpc) is 2.59. The molecule has 0 aliphatic carbocycles. The van der Waals surface area contributed by atoms with Crippen molar-refractivity contribution in [1.29, 1.82) is 0 Å². The van der Waals surface area contributed by atoms with Gasteiger partial charge in [0.15, 0.2) is 0 Å². The van der Waals surface area contributed by atoms with Crippen molar-refractivity contribution in [3.8, 4) is 5.75 Å². The highest BCUT2D eigenvalue weighted by atomic mass is 35.5. The van der Waals surface area contributed by atoms with Gasteiger partial charge in [0, 0.05) is 22.5 Å². The molecule has 1 unspecified atom stereocenters. The van der Waals surface area contributed by atoms with E-state index in [1.807, 2.05) is 18.2 Å². The van der Waals surface area contributed by atoms with Crippen LogP contribution in [0.3, 0.4) is 0 Å². The molecule has 1 aromatic rings. The van der Waals surface area contributed by atoms with Crippen molar-refractivity contribution in [2.75, 3.05) is 33.8 Å². The van der Waals surface area contributed by atoms with E-state index < -0.39 is 0 Å². The Hall–Kier alpha value is -0.770. The molecule has 1 aliphatic rings. The maximum absolute atomic E-state index is 6.19. The van der Waals surface area contributed by atoms with Gasteiger partial charge in [-0.15, -0.1) is 0 Å². The third kappa shape index (κ3) is 3.46. The van der Waals surface area contributed by atoms with Crippen molar-refractivity contribution >= 4 is 11.6 Å². The van der Waals surface area contributed by atoms with E-state index in [4.69, 9.17) is 22.1 Å². The molecule has 0 saturated carbocycles. The molecule has 1 aromatic carbocycles. The van der Waals surface area contributed by atoms with Crippen LogP contribution in [0, 0.1) is 0 Å². The van der Waals surface area contributed by atoms with Crippen LogP contribution in [0.4, 0.5) is 0 Å². The molecule has 1 atom stereocenters. The molecule has 1 aliphatic heterocycles. The van der Waals surface area contributed by atoms with Gasteiger partial charge in [0.2, 0.25) is 0 Å². The number of halogens is 1. The Morgan fingerprint density at radius 1 is 1.40 bits per heavy atom. The van der Waals surface area contributed by atoms with Crippen molar-refractivity contribution in [2.24, 2.45) is 5.73 Å². The van der Waals surface area contributed by atoms with E-state index in [1.54, 1.807) is 0 Å². The van der Waals surface area contributed by atoms with Gasteiger partial charge in [-0.1, -0.05) is 11.6 Å². The normalized spacial score (nSPS) is 22.2. The van der Waals surface area contributed by atoms with Crippen LogP contribution in [0.25, 0.3) is 0 Å². The van der Waals surface area contributed by atoms with Gasteiger partial charge in [-0.25, -0.2) is 0 Å². The molecule has 0 saturated heterocycles. The predicted molar refractivity (Wildman–Crippen MR) is 84.7 cm³/mol. The third-order valence-corrected chi connectivity index (χ3v) is 4.46. The smallest absolute Gasteiger partial charge is 0.123 e. The number of hydrogen-bond acceptors (Lipinski definition) is 3. The molecule has 0 radical (unpaired) electrons. The van der Waals surface area contributed by atoms with Crippen LogP contribution >= 0.6 is 11.6 Å². The molecule has 0 aromatic heterocycles. The van der Waals surface area contributed by atoms with E-state index in [-0.39, 0.29) is 5.41 Å². The van der Waals surface area contributed by atoms with Crippen LogP contribution in [-0.2, 0) is 5.41 Å². The van der Waals surface area contributed by atoms with Gasteiger partial charge in [0.25, 0.3) is 0 Å². The summed E-state index contributed by atoms with van der Waals surface area (Å²) in [4.78, 5) is 2.22. The van der Waals surface area contributed by atoms with E-state index in [9.17, 15) is 0 Å². The molecule has 112 valence electrons. The Balaban J connectivity index is 2.28. The first kappa shape index (κ1) is 15.6. The number of rotatable bonds is 5. The van der Waals surface area contributed by atoms with Crippen LogP contribution in [0.1, 0.15) is 31.2 Å². The summed E-state index contributed by atoms with van der Waals surface area (Å²) in [7, 11) is 4.21. The van der Waals surface area contributed by atoms with Crippen molar-refractivity contribution in [3.63, 3.8) is 0 Å². The minimum Gasteiger partial charge on any atom is -0.493 e. The fraction of sp³-hybridized carbons (Fsp3) is 0.625. The zero-order valence-electron chi connectivity index (χ0n) is 12.5. The largest absolute Gasteiger partial charge is 0.493 e. The average molecular weight is 297 g/mol. The summed E-state index contributed by atoms with van der Waals surface area (Å²) in [6.45, 7) is 2.50. The summed E-state index contributed by atoms with van der Waals surface area (Å²) in [5.41, 5.74) is 7.38. The Kier molecular flexibility index (Phi) is 5.30. The molecule has 0 fully saturated rings. The van der Waals surface area contributed by atoms with Crippen molar-refractivity contribution in [1.82, 2.24) is 4.90 Å². The monoisotopic (exact) mass is 296 g/mol. The van der Waals surface area contributed by atoms with Gasteiger partial charge in [0.05, 0.1) is 6.61 Å². The summed E-state index contributed by atoms with van der Waals surface area (Å²) in [6.07, 6.45) is 4.34. The first-order valence-corrected chi connectivity index (χ1v) is 7.73. The van der Waals surface area contributed by atoms with Gasteiger partial charge in [-0.05, 0) is 64.5 Å². The van der Waals surface area contributed by atoms with Gasteiger partial charge in [-0.2, -0.15) is 0 Å². The van der Waals surface area contributed by atoms with Crippen molar-refractivity contribution in [2.45, 2.75) is 31.1 Å². The van der Waals surface area contributed by atoms with Crippen molar-refractivity contribution in [3.05, 3.63) is 28.8 Å². The van der Waals surface area contributed by atoms with Crippen LogP contribution in [0.2, 0.25) is 5.02 Å². The van der Waals surface area contributed by atoms with Crippen molar-refractivity contribution < 1.29 is 4.74 Å². The minimum atomic E-state index is 0.00669. The van der Waals surface area contributed by atoms with Gasteiger partial charge >= 0.3 is 0 Å². The third-order valence-electron chi connectivity index (χ3n) is 4.22. The number of hydrogen-bond donors (Lipinski definition) is 1. The number of fused-ring (bicyclic) bond motifs is 1. The Bertz CT molecular complexity index is 450. The highest BCUT2D eigenvalue weighted by Gasteiger charge is 2.34.